The van der Waals surface area contributed by atoms with E-state index in [1.165, 1.54) is 4.68 Å². The molecule has 1 atom stereocenters. The molecule has 0 spiro atoms. The first-order valence-electron chi connectivity index (χ1n) is 6.61. The van der Waals surface area contributed by atoms with Gasteiger partial charge in [0.1, 0.15) is 0 Å². The van der Waals surface area contributed by atoms with E-state index in [0.717, 1.165) is 22.7 Å². The van der Waals surface area contributed by atoms with Crippen LogP contribution in [0.1, 0.15) is 28.2 Å². The first-order valence-corrected chi connectivity index (χ1v) is 6.98. The summed E-state index contributed by atoms with van der Waals surface area (Å²) in [6, 6.07) is 9.19. The number of hydrogen-bond donors (Lipinski definition) is 0. The first-order chi connectivity index (χ1) is 10.0. The number of nitrogens with zero attached hydrogens (tertiary/aromatic N) is 3. The molecule has 2 aromatic rings. The van der Waals surface area contributed by atoms with Gasteiger partial charge in [-0.15, -0.1) is 0 Å². The number of carbonyl (C=O) groups is 1. The Morgan fingerprint density at radius 1 is 1.38 bits per heavy atom. The van der Waals surface area contributed by atoms with Crippen LogP contribution in [0.4, 0.5) is 0 Å². The first kappa shape index (κ1) is 13.8. The number of hydrogen-bond acceptors (Lipinski definition) is 4. The topological polar surface area (TPSA) is 56.5 Å². The fourth-order valence-electron chi connectivity index (χ4n) is 2.34. The predicted molar refractivity (Wildman–Crippen MR) is 79.8 cm³/mol. The number of carbonyl (C=O) groups excluding carboxylic acids is 1. The summed E-state index contributed by atoms with van der Waals surface area (Å²) < 4.78 is 1.37. The smallest absolute Gasteiger partial charge is 0.291 e. The third kappa shape index (κ3) is 2.69. The Morgan fingerprint density at radius 3 is 2.86 bits per heavy atom. The minimum Gasteiger partial charge on any atom is -0.382 e. The van der Waals surface area contributed by atoms with Crippen LogP contribution in [0, 0.1) is 13.8 Å². The van der Waals surface area contributed by atoms with Crippen molar-refractivity contribution in [2.24, 2.45) is 5.16 Å². The number of halogens is 1. The molecule has 5 nitrogen and oxygen atoms in total. The molecule has 0 aliphatic carbocycles. The largest absolute Gasteiger partial charge is 0.382 e. The highest BCUT2D eigenvalue weighted by Crippen LogP contribution is 2.20. The lowest BCUT2D eigenvalue weighted by Crippen LogP contribution is -2.28. The number of rotatable bonds is 2. The minimum atomic E-state index is -0.642. The van der Waals surface area contributed by atoms with E-state index in [0.29, 0.717) is 11.4 Å². The Labute approximate surface area is 127 Å². The molecular formula is C15H14ClN3O2. The quantitative estimate of drug-likeness (QED) is 0.857. The molecule has 3 rings (SSSR count). The number of oxime groups is 1. The van der Waals surface area contributed by atoms with E-state index in [4.69, 9.17) is 16.4 Å². The molecular weight excluding hydrogens is 290 g/mol. The van der Waals surface area contributed by atoms with Gasteiger partial charge in [-0.05, 0) is 32.0 Å². The van der Waals surface area contributed by atoms with Crippen LogP contribution in [-0.2, 0) is 4.84 Å². The van der Waals surface area contributed by atoms with Gasteiger partial charge in [0.25, 0.3) is 5.91 Å². The lowest BCUT2D eigenvalue weighted by molar-refractivity contribution is 0.0452. The summed E-state index contributed by atoms with van der Waals surface area (Å²) in [5.41, 5.74) is 3.18. The maximum absolute atomic E-state index is 12.4. The van der Waals surface area contributed by atoms with E-state index in [1.807, 2.05) is 32.0 Å². The number of benzene rings is 1. The van der Waals surface area contributed by atoms with Crippen molar-refractivity contribution in [2.75, 3.05) is 0 Å². The summed E-state index contributed by atoms with van der Waals surface area (Å²) in [7, 11) is 0. The third-order valence-corrected chi connectivity index (χ3v) is 3.56. The fraction of sp³-hybridized carbons (Fsp3) is 0.267. The lowest BCUT2D eigenvalue weighted by atomic mass is 10.0. The van der Waals surface area contributed by atoms with Gasteiger partial charge in [-0.1, -0.05) is 28.9 Å². The SMILES string of the molecule is Cc1cc(C)n(C(=O)[C@H]2CC(c3cccc(Cl)c3)=NO2)n1. The second-order valence-corrected chi connectivity index (χ2v) is 5.46. The summed E-state index contributed by atoms with van der Waals surface area (Å²) in [6.45, 7) is 3.69. The van der Waals surface area contributed by atoms with E-state index >= 15 is 0 Å². The van der Waals surface area contributed by atoms with E-state index in [1.54, 1.807) is 12.1 Å². The molecule has 108 valence electrons. The molecule has 1 aliphatic heterocycles. The zero-order chi connectivity index (χ0) is 15.0. The van der Waals surface area contributed by atoms with Crippen LogP contribution in [0.5, 0.6) is 0 Å². The summed E-state index contributed by atoms with van der Waals surface area (Å²) in [6.07, 6.45) is -0.227. The highest BCUT2D eigenvalue weighted by atomic mass is 35.5. The predicted octanol–water partition coefficient (Wildman–Crippen LogP) is 2.99. The van der Waals surface area contributed by atoms with Crippen LogP contribution in [0.3, 0.4) is 0 Å². The van der Waals surface area contributed by atoms with Gasteiger partial charge in [0.05, 0.1) is 11.4 Å². The molecule has 1 aromatic carbocycles. The fourth-order valence-corrected chi connectivity index (χ4v) is 2.53. The lowest BCUT2D eigenvalue weighted by Gasteiger charge is -2.08. The van der Waals surface area contributed by atoms with Gasteiger partial charge in [-0.2, -0.15) is 5.10 Å². The Kier molecular flexibility index (Phi) is 3.51. The van der Waals surface area contributed by atoms with Crippen molar-refractivity contribution in [1.29, 1.82) is 0 Å². The highest BCUT2D eigenvalue weighted by molar-refractivity contribution is 6.31. The van der Waals surface area contributed by atoms with Gasteiger partial charge in [0.15, 0.2) is 0 Å². The third-order valence-electron chi connectivity index (χ3n) is 3.32. The average Bonchev–Trinajstić information content (AvgIpc) is 3.05. The van der Waals surface area contributed by atoms with Gasteiger partial charge in [-0.3, -0.25) is 4.79 Å². The van der Waals surface area contributed by atoms with E-state index in [-0.39, 0.29) is 5.91 Å². The van der Waals surface area contributed by atoms with Crippen LogP contribution in [0.2, 0.25) is 5.02 Å². The summed E-state index contributed by atoms with van der Waals surface area (Å²) >= 11 is 5.96. The molecule has 0 bridgehead atoms. The molecule has 0 unspecified atom stereocenters. The zero-order valence-electron chi connectivity index (χ0n) is 11.7. The molecule has 2 heterocycles. The van der Waals surface area contributed by atoms with Crippen molar-refractivity contribution in [3.8, 4) is 0 Å². The van der Waals surface area contributed by atoms with E-state index in [9.17, 15) is 4.79 Å². The summed E-state index contributed by atoms with van der Waals surface area (Å²) in [5.74, 6) is -0.207. The van der Waals surface area contributed by atoms with Gasteiger partial charge >= 0.3 is 0 Å². The number of aryl methyl sites for hydroxylation is 2. The summed E-state index contributed by atoms with van der Waals surface area (Å²) in [4.78, 5) is 17.7. The zero-order valence-corrected chi connectivity index (χ0v) is 12.5. The molecule has 0 N–H and O–H groups in total. The monoisotopic (exact) mass is 303 g/mol. The van der Waals surface area contributed by atoms with Crippen LogP contribution in [-0.4, -0.2) is 27.5 Å². The molecule has 0 fully saturated rings. The van der Waals surface area contributed by atoms with Gasteiger partial charge < -0.3 is 4.84 Å². The number of aromatic nitrogens is 2. The van der Waals surface area contributed by atoms with E-state index < -0.39 is 6.10 Å². The normalized spacial score (nSPS) is 17.5. The maximum atomic E-state index is 12.4. The molecule has 0 amide bonds. The van der Waals surface area contributed by atoms with Gasteiger partial charge in [-0.25, -0.2) is 4.68 Å². The van der Waals surface area contributed by atoms with Crippen molar-refractivity contribution in [3.05, 3.63) is 52.3 Å². The van der Waals surface area contributed by atoms with Crippen LogP contribution < -0.4 is 0 Å². The van der Waals surface area contributed by atoms with Crippen molar-refractivity contribution in [1.82, 2.24) is 9.78 Å². The van der Waals surface area contributed by atoms with Crippen molar-refractivity contribution in [2.45, 2.75) is 26.4 Å². The molecule has 0 radical (unpaired) electrons. The van der Waals surface area contributed by atoms with Gasteiger partial charge in [0, 0.05) is 22.7 Å². The Morgan fingerprint density at radius 2 is 2.19 bits per heavy atom. The molecule has 1 aromatic heterocycles. The average molecular weight is 304 g/mol. The standard InChI is InChI=1S/C15H14ClN3O2/c1-9-6-10(2)19(17-9)15(20)14-8-13(18-21-14)11-4-3-5-12(16)7-11/h3-7,14H,8H2,1-2H3/t14-/m1/s1. The minimum absolute atomic E-state index is 0.207. The summed E-state index contributed by atoms with van der Waals surface area (Å²) in [5, 5.41) is 8.82. The Bertz CT molecular complexity index is 736. The Hall–Kier alpha value is -2.14. The van der Waals surface area contributed by atoms with Crippen molar-refractivity contribution in [3.63, 3.8) is 0 Å². The molecule has 0 saturated heterocycles. The van der Waals surface area contributed by atoms with Crippen LogP contribution in [0.25, 0.3) is 0 Å². The van der Waals surface area contributed by atoms with E-state index in [2.05, 4.69) is 10.3 Å². The van der Waals surface area contributed by atoms with Crippen LogP contribution in [0.15, 0.2) is 35.5 Å². The second-order valence-electron chi connectivity index (χ2n) is 5.02. The van der Waals surface area contributed by atoms with Crippen LogP contribution >= 0.6 is 11.6 Å². The Balaban J connectivity index is 1.77. The molecule has 21 heavy (non-hydrogen) atoms. The second kappa shape index (κ2) is 5.33. The van der Waals surface area contributed by atoms with Crippen molar-refractivity contribution >= 4 is 23.2 Å². The molecule has 1 aliphatic rings. The maximum Gasteiger partial charge on any atom is 0.291 e. The van der Waals surface area contributed by atoms with Gasteiger partial charge in [0.2, 0.25) is 6.10 Å². The highest BCUT2D eigenvalue weighted by Gasteiger charge is 2.31. The molecule has 6 heteroatoms. The van der Waals surface area contributed by atoms with Crippen molar-refractivity contribution < 1.29 is 9.63 Å². The molecule has 0 saturated carbocycles.